The number of nitrogen functional groups attached to an aromatic ring is 1. The summed E-state index contributed by atoms with van der Waals surface area (Å²) in [6, 6.07) is 7.27. The van der Waals surface area contributed by atoms with Gasteiger partial charge in [0, 0.05) is 0 Å². The van der Waals surface area contributed by atoms with Crippen molar-refractivity contribution in [1.82, 2.24) is 20.2 Å². The fourth-order valence-electron chi connectivity index (χ4n) is 1.77. The summed E-state index contributed by atoms with van der Waals surface area (Å²) in [7, 11) is 0. The molecule has 0 saturated heterocycles. The lowest BCUT2D eigenvalue weighted by Crippen LogP contribution is -2.12. The van der Waals surface area contributed by atoms with E-state index in [0.717, 1.165) is 4.34 Å². The molecule has 0 spiro atoms. The van der Waals surface area contributed by atoms with Gasteiger partial charge in [0.15, 0.2) is 4.34 Å². The van der Waals surface area contributed by atoms with E-state index in [-0.39, 0.29) is 10.8 Å². The first-order valence-electron chi connectivity index (χ1n) is 5.88. The van der Waals surface area contributed by atoms with Gasteiger partial charge in [0.25, 0.3) is 5.56 Å². The third-order valence-electron chi connectivity index (χ3n) is 2.72. The van der Waals surface area contributed by atoms with Crippen LogP contribution in [0.3, 0.4) is 0 Å². The number of benzene rings is 1. The number of thioether (sulfide) groups is 1. The van der Waals surface area contributed by atoms with Crippen LogP contribution in [0.1, 0.15) is 18.0 Å². The molecule has 0 radical (unpaired) electrons. The molecule has 8 heteroatoms. The molecule has 1 unspecified atom stereocenters. The summed E-state index contributed by atoms with van der Waals surface area (Å²) in [5.41, 5.74) is 6.11. The van der Waals surface area contributed by atoms with Crippen LogP contribution in [-0.2, 0) is 0 Å². The Balaban J connectivity index is 1.95. The fraction of sp³-hybridized carbons (Fsp3) is 0.167. The minimum atomic E-state index is -0.130. The smallest absolute Gasteiger partial charge is 0.258 e. The minimum Gasteiger partial charge on any atom is -0.374 e. The zero-order valence-corrected chi connectivity index (χ0v) is 12.2. The van der Waals surface area contributed by atoms with Gasteiger partial charge in [0.2, 0.25) is 5.13 Å². The molecular formula is C12H11N5OS2. The molecule has 3 N–H and O–H groups in total. The molecule has 20 heavy (non-hydrogen) atoms. The summed E-state index contributed by atoms with van der Waals surface area (Å²) in [5.74, 6) is 0.618. The van der Waals surface area contributed by atoms with Gasteiger partial charge in [0.05, 0.1) is 16.2 Å². The predicted molar refractivity (Wildman–Crippen MR) is 81.0 cm³/mol. The van der Waals surface area contributed by atoms with Gasteiger partial charge in [-0.2, -0.15) is 0 Å². The average Bonchev–Trinajstić information content (AvgIpc) is 2.84. The number of nitrogens with zero attached hydrogens (tertiary/aromatic N) is 3. The molecule has 3 aromatic rings. The first kappa shape index (κ1) is 13.1. The van der Waals surface area contributed by atoms with Crippen molar-refractivity contribution in [1.29, 1.82) is 0 Å². The summed E-state index contributed by atoms with van der Waals surface area (Å²) >= 11 is 2.78. The highest BCUT2D eigenvalue weighted by atomic mass is 32.2. The number of anilines is 1. The molecule has 2 aromatic heterocycles. The second-order valence-corrected chi connectivity index (χ2v) is 6.73. The molecule has 2 heterocycles. The number of nitrogens with one attached hydrogen (secondary N) is 1. The largest absolute Gasteiger partial charge is 0.374 e. The number of aromatic nitrogens is 4. The third-order valence-corrected chi connectivity index (χ3v) is 4.66. The van der Waals surface area contributed by atoms with E-state index in [4.69, 9.17) is 5.73 Å². The monoisotopic (exact) mass is 305 g/mol. The molecule has 0 bridgehead atoms. The van der Waals surface area contributed by atoms with Crippen LogP contribution in [0.5, 0.6) is 0 Å². The van der Waals surface area contributed by atoms with Crippen molar-refractivity contribution < 1.29 is 0 Å². The van der Waals surface area contributed by atoms with E-state index >= 15 is 0 Å². The molecule has 0 aliphatic rings. The van der Waals surface area contributed by atoms with Gasteiger partial charge in [-0.1, -0.05) is 35.2 Å². The summed E-state index contributed by atoms with van der Waals surface area (Å²) in [4.78, 5) is 19.3. The first-order valence-corrected chi connectivity index (χ1v) is 7.57. The van der Waals surface area contributed by atoms with E-state index in [0.29, 0.717) is 21.9 Å². The predicted octanol–water partition coefficient (Wildman–Crippen LogP) is 2.21. The van der Waals surface area contributed by atoms with Crippen molar-refractivity contribution in [3.8, 4) is 0 Å². The highest BCUT2D eigenvalue weighted by molar-refractivity contribution is 8.01. The van der Waals surface area contributed by atoms with Crippen LogP contribution < -0.4 is 11.3 Å². The van der Waals surface area contributed by atoms with E-state index in [2.05, 4.69) is 20.2 Å². The maximum absolute atomic E-state index is 12.0. The topological polar surface area (TPSA) is 97.5 Å². The van der Waals surface area contributed by atoms with Crippen molar-refractivity contribution in [2.24, 2.45) is 0 Å². The first-order chi connectivity index (χ1) is 9.63. The number of hydrogen-bond donors (Lipinski definition) is 2. The Morgan fingerprint density at radius 1 is 1.35 bits per heavy atom. The van der Waals surface area contributed by atoms with E-state index in [1.54, 1.807) is 6.07 Å². The maximum Gasteiger partial charge on any atom is 0.258 e. The Kier molecular flexibility index (Phi) is 3.41. The number of hydrogen-bond acceptors (Lipinski definition) is 7. The van der Waals surface area contributed by atoms with Crippen molar-refractivity contribution in [3.05, 3.63) is 40.4 Å². The highest BCUT2D eigenvalue weighted by Crippen LogP contribution is 2.35. The number of nitrogens with two attached hydrogens (primary N) is 1. The van der Waals surface area contributed by atoms with Crippen molar-refractivity contribution in [2.45, 2.75) is 16.5 Å². The zero-order valence-electron chi connectivity index (χ0n) is 10.5. The summed E-state index contributed by atoms with van der Waals surface area (Å²) in [6.07, 6.45) is 0. The van der Waals surface area contributed by atoms with E-state index in [1.165, 1.54) is 23.1 Å². The quantitative estimate of drug-likeness (QED) is 0.720. The molecule has 1 aromatic carbocycles. The molecular weight excluding hydrogens is 294 g/mol. The number of para-hydroxylation sites is 1. The van der Waals surface area contributed by atoms with Crippen molar-refractivity contribution >= 4 is 39.1 Å². The van der Waals surface area contributed by atoms with Gasteiger partial charge in [-0.3, -0.25) is 4.79 Å². The van der Waals surface area contributed by atoms with E-state index in [9.17, 15) is 4.79 Å². The molecule has 3 rings (SSSR count). The van der Waals surface area contributed by atoms with Crippen LogP contribution >= 0.6 is 23.1 Å². The van der Waals surface area contributed by atoms with Crippen LogP contribution in [0.25, 0.3) is 10.9 Å². The second-order valence-electron chi connectivity index (χ2n) is 4.13. The Morgan fingerprint density at radius 2 is 2.15 bits per heavy atom. The molecule has 0 amide bonds. The normalized spacial score (nSPS) is 12.7. The molecule has 6 nitrogen and oxygen atoms in total. The van der Waals surface area contributed by atoms with E-state index in [1.807, 2.05) is 25.1 Å². The Morgan fingerprint density at radius 3 is 2.90 bits per heavy atom. The number of rotatable bonds is 3. The van der Waals surface area contributed by atoms with Gasteiger partial charge in [-0.15, -0.1) is 10.2 Å². The van der Waals surface area contributed by atoms with Crippen molar-refractivity contribution in [3.63, 3.8) is 0 Å². The third kappa shape index (κ3) is 2.52. The van der Waals surface area contributed by atoms with Gasteiger partial charge in [-0.05, 0) is 19.1 Å². The van der Waals surface area contributed by atoms with Crippen molar-refractivity contribution in [2.75, 3.05) is 5.73 Å². The molecule has 0 aliphatic heterocycles. The zero-order chi connectivity index (χ0) is 14.1. The number of H-pyrrole nitrogens is 1. The van der Waals surface area contributed by atoms with Crippen LogP contribution in [0.4, 0.5) is 5.13 Å². The van der Waals surface area contributed by atoms with Crippen LogP contribution in [0.2, 0.25) is 0 Å². The molecule has 0 saturated carbocycles. The van der Waals surface area contributed by atoms with Gasteiger partial charge in [-0.25, -0.2) is 4.98 Å². The lowest BCUT2D eigenvalue weighted by Gasteiger charge is -2.08. The van der Waals surface area contributed by atoms with Crippen LogP contribution in [0, 0.1) is 0 Å². The van der Waals surface area contributed by atoms with E-state index < -0.39 is 0 Å². The molecule has 102 valence electrons. The lowest BCUT2D eigenvalue weighted by molar-refractivity contribution is 0.917. The second kappa shape index (κ2) is 5.22. The van der Waals surface area contributed by atoms with Gasteiger partial charge in [0.1, 0.15) is 5.82 Å². The fourth-order valence-corrected chi connectivity index (χ4v) is 3.61. The van der Waals surface area contributed by atoms with Gasteiger partial charge < -0.3 is 10.7 Å². The van der Waals surface area contributed by atoms with Crippen LogP contribution in [-0.4, -0.2) is 20.2 Å². The minimum absolute atomic E-state index is 0.0420. The summed E-state index contributed by atoms with van der Waals surface area (Å²) in [5, 5.41) is 8.70. The molecule has 1 atom stereocenters. The molecule has 0 aliphatic carbocycles. The Bertz CT molecular complexity index is 813. The van der Waals surface area contributed by atoms with Crippen LogP contribution in [0.15, 0.2) is 33.4 Å². The highest BCUT2D eigenvalue weighted by Gasteiger charge is 2.14. The molecule has 0 fully saturated rings. The maximum atomic E-state index is 12.0. The number of aromatic amines is 1. The lowest BCUT2D eigenvalue weighted by atomic mass is 10.2. The summed E-state index contributed by atoms with van der Waals surface area (Å²) in [6.45, 7) is 1.95. The SMILES string of the molecule is CC(Sc1nnc(N)s1)c1nc2ccccc2c(=O)[nH]1. The summed E-state index contributed by atoms with van der Waals surface area (Å²) < 4.78 is 0.755. The Labute approximate surface area is 122 Å². The average molecular weight is 305 g/mol. The Hall–Kier alpha value is -1.93. The number of fused-ring (bicyclic) bond motifs is 1. The van der Waals surface area contributed by atoms with Gasteiger partial charge >= 0.3 is 0 Å². The standard InChI is InChI=1S/C12H11N5OS2/c1-6(19-12-17-16-11(13)20-12)9-14-8-5-3-2-4-7(8)10(18)15-9/h2-6H,1H3,(H2,13,16)(H,14,15,18).